The summed E-state index contributed by atoms with van der Waals surface area (Å²) < 4.78 is 0. The van der Waals surface area contributed by atoms with E-state index in [1.165, 1.54) is 6.20 Å². The van der Waals surface area contributed by atoms with E-state index in [9.17, 15) is 4.79 Å². The Bertz CT molecular complexity index is 685. The zero-order valence-corrected chi connectivity index (χ0v) is 11.6. The van der Waals surface area contributed by atoms with Gasteiger partial charge in [0.2, 0.25) is 0 Å². The van der Waals surface area contributed by atoms with Crippen LogP contribution in [0, 0.1) is 18.8 Å². The van der Waals surface area contributed by atoms with Gasteiger partial charge in [-0.15, -0.1) is 0 Å². The minimum atomic E-state index is -0.269. The third-order valence-electron chi connectivity index (χ3n) is 2.71. The molecule has 0 spiro atoms. The number of aliphatic hydroxyl groups excluding tert-OH is 1. The zero-order valence-electron chi connectivity index (χ0n) is 11.6. The molecule has 1 amide bonds. The lowest BCUT2D eigenvalue weighted by Gasteiger charge is -2.05. The van der Waals surface area contributed by atoms with Gasteiger partial charge < -0.3 is 10.4 Å². The largest absolute Gasteiger partial charge is 0.384 e. The molecule has 0 saturated carbocycles. The molecule has 0 fully saturated rings. The molecule has 0 aliphatic carbocycles. The van der Waals surface area contributed by atoms with Gasteiger partial charge in [0.25, 0.3) is 5.91 Å². The van der Waals surface area contributed by atoms with Gasteiger partial charge in [-0.1, -0.05) is 24.0 Å². The number of nitrogens with zero attached hydrogens (tertiary/aromatic N) is 2. The molecule has 0 bridgehead atoms. The van der Waals surface area contributed by atoms with E-state index in [0.29, 0.717) is 6.54 Å². The SMILES string of the molecule is Cc1cnc(C(=O)NCc2cccc(C#CCO)c2)cn1. The molecule has 1 aromatic carbocycles. The summed E-state index contributed by atoms with van der Waals surface area (Å²) in [5.74, 6) is 5.14. The van der Waals surface area contributed by atoms with Gasteiger partial charge in [0.1, 0.15) is 12.3 Å². The zero-order chi connectivity index (χ0) is 15.1. The van der Waals surface area contributed by atoms with Crippen molar-refractivity contribution in [3.8, 4) is 11.8 Å². The number of aliphatic hydroxyl groups is 1. The molecule has 106 valence electrons. The van der Waals surface area contributed by atoms with E-state index in [2.05, 4.69) is 27.1 Å². The van der Waals surface area contributed by atoms with Crippen molar-refractivity contribution in [3.05, 3.63) is 59.2 Å². The number of nitrogens with one attached hydrogen (secondary N) is 1. The van der Waals surface area contributed by atoms with E-state index in [1.807, 2.05) is 31.2 Å². The predicted molar refractivity (Wildman–Crippen MR) is 78.3 cm³/mol. The monoisotopic (exact) mass is 281 g/mol. The van der Waals surface area contributed by atoms with E-state index >= 15 is 0 Å². The van der Waals surface area contributed by atoms with Gasteiger partial charge >= 0.3 is 0 Å². The molecule has 2 aromatic rings. The Morgan fingerprint density at radius 3 is 2.90 bits per heavy atom. The fourth-order valence-electron chi connectivity index (χ4n) is 1.68. The van der Waals surface area contributed by atoms with Crippen LogP contribution in [0.3, 0.4) is 0 Å². The van der Waals surface area contributed by atoms with Crippen LogP contribution < -0.4 is 5.32 Å². The molecule has 5 heteroatoms. The van der Waals surface area contributed by atoms with E-state index in [-0.39, 0.29) is 18.2 Å². The van der Waals surface area contributed by atoms with Gasteiger partial charge in [0.05, 0.1) is 11.9 Å². The van der Waals surface area contributed by atoms with Crippen LogP contribution in [-0.2, 0) is 6.54 Å². The van der Waals surface area contributed by atoms with Crippen LogP contribution >= 0.6 is 0 Å². The van der Waals surface area contributed by atoms with Crippen LogP contribution in [0.5, 0.6) is 0 Å². The Morgan fingerprint density at radius 1 is 1.33 bits per heavy atom. The standard InChI is InChI=1S/C16H15N3O2/c1-12-9-18-15(11-17-12)16(21)19-10-14-5-2-4-13(8-14)6-3-7-20/h2,4-5,8-9,11,20H,7,10H2,1H3,(H,19,21). The molecule has 5 nitrogen and oxygen atoms in total. The molecule has 1 aromatic heterocycles. The summed E-state index contributed by atoms with van der Waals surface area (Å²) in [6, 6.07) is 7.46. The molecule has 0 unspecified atom stereocenters. The second-order valence-electron chi connectivity index (χ2n) is 4.39. The molecule has 21 heavy (non-hydrogen) atoms. The number of hydrogen-bond donors (Lipinski definition) is 2. The molecule has 0 atom stereocenters. The number of rotatable bonds is 3. The molecule has 0 saturated heterocycles. The van der Waals surface area contributed by atoms with Crippen molar-refractivity contribution in [2.75, 3.05) is 6.61 Å². The molecule has 0 aliphatic heterocycles. The van der Waals surface area contributed by atoms with Crippen LogP contribution in [0.2, 0.25) is 0 Å². The highest BCUT2D eigenvalue weighted by Gasteiger charge is 2.06. The second kappa shape index (κ2) is 7.17. The molecular weight excluding hydrogens is 266 g/mol. The maximum Gasteiger partial charge on any atom is 0.271 e. The van der Waals surface area contributed by atoms with Crippen LogP contribution in [0.25, 0.3) is 0 Å². The number of carbonyl (C=O) groups is 1. The van der Waals surface area contributed by atoms with Crippen molar-refractivity contribution in [2.45, 2.75) is 13.5 Å². The Kier molecular flexibility index (Phi) is 5.02. The fraction of sp³-hybridized carbons (Fsp3) is 0.188. The quantitative estimate of drug-likeness (QED) is 0.825. The number of aromatic nitrogens is 2. The first-order chi connectivity index (χ1) is 10.2. The van der Waals surface area contributed by atoms with Gasteiger partial charge in [0, 0.05) is 18.3 Å². The number of hydrogen-bond acceptors (Lipinski definition) is 4. The number of aryl methyl sites for hydroxylation is 1. The van der Waals surface area contributed by atoms with Gasteiger partial charge in [-0.05, 0) is 24.6 Å². The van der Waals surface area contributed by atoms with E-state index < -0.39 is 0 Å². The number of carbonyl (C=O) groups excluding carboxylic acids is 1. The molecular formula is C16H15N3O2. The minimum Gasteiger partial charge on any atom is -0.384 e. The highest BCUT2D eigenvalue weighted by molar-refractivity contribution is 5.91. The Morgan fingerprint density at radius 2 is 2.19 bits per heavy atom. The third-order valence-corrected chi connectivity index (χ3v) is 2.71. The summed E-state index contributed by atoms with van der Waals surface area (Å²) >= 11 is 0. The highest BCUT2D eigenvalue weighted by atomic mass is 16.2. The summed E-state index contributed by atoms with van der Waals surface area (Å²) in [5, 5.41) is 11.5. The van der Waals surface area contributed by atoms with Crippen LogP contribution in [0.1, 0.15) is 27.3 Å². The van der Waals surface area contributed by atoms with E-state index in [1.54, 1.807) is 6.20 Å². The maximum atomic E-state index is 11.9. The molecule has 0 radical (unpaired) electrons. The normalized spacial score (nSPS) is 9.62. The van der Waals surface area contributed by atoms with Crippen molar-refractivity contribution in [1.29, 1.82) is 0 Å². The van der Waals surface area contributed by atoms with E-state index in [4.69, 9.17) is 5.11 Å². The minimum absolute atomic E-state index is 0.174. The summed E-state index contributed by atoms with van der Waals surface area (Å²) in [4.78, 5) is 20.0. The van der Waals surface area contributed by atoms with Gasteiger partial charge in [0.15, 0.2) is 0 Å². The smallest absolute Gasteiger partial charge is 0.271 e. The maximum absolute atomic E-state index is 11.9. The first kappa shape index (κ1) is 14.7. The fourth-order valence-corrected chi connectivity index (χ4v) is 1.68. The summed E-state index contributed by atoms with van der Waals surface area (Å²) in [5.41, 5.74) is 2.78. The van der Waals surface area contributed by atoms with Crippen molar-refractivity contribution in [2.24, 2.45) is 0 Å². The number of benzene rings is 1. The summed E-state index contributed by atoms with van der Waals surface area (Å²) in [6.07, 6.45) is 3.01. The predicted octanol–water partition coefficient (Wildman–Crippen LogP) is 1.06. The molecule has 1 heterocycles. The van der Waals surface area contributed by atoms with E-state index in [0.717, 1.165) is 16.8 Å². The van der Waals surface area contributed by atoms with Crippen LogP contribution in [-0.4, -0.2) is 27.6 Å². The van der Waals surface area contributed by atoms with Gasteiger partial charge in [-0.2, -0.15) is 0 Å². The highest BCUT2D eigenvalue weighted by Crippen LogP contribution is 2.04. The average molecular weight is 281 g/mol. The van der Waals surface area contributed by atoms with Crippen LogP contribution in [0.15, 0.2) is 36.7 Å². The Balaban J connectivity index is 1.99. The van der Waals surface area contributed by atoms with Gasteiger partial charge in [-0.3, -0.25) is 9.78 Å². The third kappa shape index (κ3) is 4.41. The first-order valence-corrected chi connectivity index (χ1v) is 6.44. The number of amides is 1. The Labute approximate surface area is 123 Å². The second-order valence-corrected chi connectivity index (χ2v) is 4.39. The molecule has 0 aliphatic rings. The van der Waals surface area contributed by atoms with Gasteiger partial charge in [-0.25, -0.2) is 4.98 Å². The topological polar surface area (TPSA) is 75.1 Å². The Hall–Kier alpha value is -2.71. The summed E-state index contributed by atoms with van der Waals surface area (Å²) in [7, 11) is 0. The van der Waals surface area contributed by atoms with Crippen molar-refractivity contribution < 1.29 is 9.90 Å². The lowest BCUT2D eigenvalue weighted by atomic mass is 10.1. The summed E-state index contributed by atoms with van der Waals surface area (Å²) in [6.45, 7) is 2.02. The lowest BCUT2D eigenvalue weighted by molar-refractivity contribution is 0.0945. The first-order valence-electron chi connectivity index (χ1n) is 6.44. The molecule has 2 N–H and O–H groups in total. The van der Waals surface area contributed by atoms with Crippen molar-refractivity contribution >= 4 is 5.91 Å². The van der Waals surface area contributed by atoms with Crippen LogP contribution in [0.4, 0.5) is 0 Å². The average Bonchev–Trinajstić information content (AvgIpc) is 2.52. The van der Waals surface area contributed by atoms with Crippen molar-refractivity contribution in [1.82, 2.24) is 15.3 Å². The lowest BCUT2D eigenvalue weighted by Crippen LogP contribution is -2.24. The molecule has 2 rings (SSSR count). The van der Waals surface area contributed by atoms with Crippen molar-refractivity contribution in [3.63, 3.8) is 0 Å².